The fraction of sp³-hybridized carbons (Fsp3) is 0.321. The molecule has 0 aromatic heterocycles. The summed E-state index contributed by atoms with van der Waals surface area (Å²) in [5.74, 6) is -0.725. The number of benzene rings is 3. The second kappa shape index (κ2) is 9.55. The lowest BCUT2D eigenvalue weighted by atomic mass is 9.75. The van der Waals surface area contributed by atoms with Crippen LogP contribution in [-0.2, 0) is 14.8 Å². The van der Waals surface area contributed by atoms with Crippen LogP contribution in [0.5, 0.6) is 0 Å². The smallest absolute Gasteiger partial charge is 0.267 e. The third-order valence-electron chi connectivity index (χ3n) is 7.09. The van der Waals surface area contributed by atoms with Gasteiger partial charge in [-0.25, -0.2) is 12.8 Å². The standard InChI is InChI=1S/C28H28FNO4S/c29-25-10-5-4-9-24(25)23(15-18-31)19-26-30-35(32,33)27(28(34-26)16-6-17-28)22-13-11-21(12-14-22)20-7-2-1-3-8-20/h1-5,7-14,23,27,31H,6,15-19H2/t23-,27?/m1/s1. The lowest BCUT2D eigenvalue weighted by Crippen LogP contribution is -2.52. The normalized spacial score (nSPS) is 21.0. The van der Waals surface area contributed by atoms with Crippen LogP contribution < -0.4 is 0 Å². The number of hydrogen-bond acceptors (Lipinski definition) is 4. The average Bonchev–Trinajstić information content (AvgIpc) is 2.83. The summed E-state index contributed by atoms with van der Waals surface area (Å²) in [5, 5.41) is 8.67. The highest BCUT2D eigenvalue weighted by Crippen LogP contribution is 2.52. The summed E-state index contributed by atoms with van der Waals surface area (Å²) in [6.07, 6.45) is 2.49. The van der Waals surface area contributed by atoms with Crippen molar-refractivity contribution >= 4 is 15.9 Å². The Morgan fingerprint density at radius 3 is 2.26 bits per heavy atom. The first kappa shape index (κ1) is 23.7. The van der Waals surface area contributed by atoms with E-state index in [0.717, 1.165) is 17.5 Å². The van der Waals surface area contributed by atoms with Gasteiger partial charge in [0, 0.05) is 13.0 Å². The molecule has 3 aromatic carbocycles. The van der Waals surface area contributed by atoms with Crippen molar-refractivity contribution in [3.05, 3.63) is 95.8 Å². The molecule has 5 nitrogen and oxygen atoms in total. The molecule has 1 unspecified atom stereocenters. The van der Waals surface area contributed by atoms with Gasteiger partial charge >= 0.3 is 0 Å². The first-order chi connectivity index (χ1) is 16.9. The van der Waals surface area contributed by atoms with Gasteiger partial charge in [0.25, 0.3) is 10.0 Å². The predicted molar refractivity (Wildman–Crippen MR) is 134 cm³/mol. The van der Waals surface area contributed by atoms with E-state index in [-0.39, 0.29) is 31.2 Å². The second-order valence-electron chi connectivity index (χ2n) is 9.32. The molecule has 0 radical (unpaired) electrons. The quantitative estimate of drug-likeness (QED) is 0.453. The van der Waals surface area contributed by atoms with Gasteiger partial charge in [0.05, 0.1) is 0 Å². The maximum absolute atomic E-state index is 14.5. The van der Waals surface area contributed by atoms with Crippen molar-refractivity contribution in [2.24, 2.45) is 4.40 Å². The molecule has 1 fully saturated rings. The molecule has 0 amide bonds. The lowest BCUT2D eigenvalue weighted by Gasteiger charge is -2.48. The lowest BCUT2D eigenvalue weighted by molar-refractivity contribution is -0.0294. The molecule has 7 heteroatoms. The Bertz CT molecular complexity index is 1320. The fourth-order valence-corrected chi connectivity index (χ4v) is 7.07. The van der Waals surface area contributed by atoms with Crippen LogP contribution >= 0.6 is 0 Å². The third-order valence-corrected chi connectivity index (χ3v) is 8.85. The molecule has 1 aliphatic carbocycles. The van der Waals surface area contributed by atoms with Crippen LogP contribution in [0.15, 0.2) is 83.3 Å². The largest absolute Gasteiger partial charge is 0.472 e. The van der Waals surface area contributed by atoms with E-state index in [1.807, 2.05) is 54.6 Å². The number of hydrogen-bond donors (Lipinski definition) is 1. The topological polar surface area (TPSA) is 76.0 Å². The van der Waals surface area contributed by atoms with E-state index in [1.165, 1.54) is 6.07 Å². The Morgan fingerprint density at radius 1 is 0.971 bits per heavy atom. The van der Waals surface area contributed by atoms with Gasteiger partial charge in [-0.2, -0.15) is 0 Å². The summed E-state index contributed by atoms with van der Waals surface area (Å²) in [5.41, 5.74) is 2.28. The molecule has 182 valence electrons. The Hall–Kier alpha value is -3.03. The van der Waals surface area contributed by atoms with Gasteiger partial charge in [0.2, 0.25) is 5.90 Å². The van der Waals surface area contributed by atoms with Crippen molar-refractivity contribution in [2.45, 2.75) is 48.9 Å². The first-order valence-electron chi connectivity index (χ1n) is 11.9. The van der Waals surface area contributed by atoms with E-state index in [1.54, 1.807) is 18.2 Å². The molecule has 35 heavy (non-hydrogen) atoms. The van der Waals surface area contributed by atoms with Crippen LogP contribution in [0.1, 0.15) is 54.4 Å². The highest BCUT2D eigenvalue weighted by molar-refractivity contribution is 7.90. The minimum Gasteiger partial charge on any atom is -0.472 e. The Morgan fingerprint density at radius 2 is 1.63 bits per heavy atom. The van der Waals surface area contributed by atoms with Gasteiger partial charge in [-0.15, -0.1) is 4.40 Å². The van der Waals surface area contributed by atoms with Gasteiger partial charge in [0.15, 0.2) is 0 Å². The fourth-order valence-electron chi connectivity index (χ4n) is 5.24. The van der Waals surface area contributed by atoms with Crippen LogP contribution in [-0.4, -0.2) is 31.6 Å². The summed E-state index contributed by atoms with van der Waals surface area (Å²) in [6, 6.07) is 23.8. The first-order valence-corrected chi connectivity index (χ1v) is 13.4. The maximum Gasteiger partial charge on any atom is 0.267 e. The SMILES string of the molecule is O=S1(=O)N=C(C[C@@H](CCO)c2ccccc2F)OC2(CCC2)C1c1ccc(-c2ccccc2)cc1. The number of aliphatic hydroxyl groups is 1. The van der Waals surface area contributed by atoms with Crippen molar-refractivity contribution in [3.63, 3.8) is 0 Å². The zero-order valence-corrected chi connectivity index (χ0v) is 20.1. The van der Waals surface area contributed by atoms with Crippen LogP contribution in [0.4, 0.5) is 4.39 Å². The molecule has 2 aliphatic rings. The Labute approximate surface area is 205 Å². The van der Waals surface area contributed by atoms with Gasteiger partial charge in [0.1, 0.15) is 16.7 Å². The predicted octanol–water partition coefficient (Wildman–Crippen LogP) is 5.77. The summed E-state index contributed by atoms with van der Waals surface area (Å²) in [4.78, 5) is 0. The number of sulfonamides is 1. The van der Waals surface area contributed by atoms with Crippen molar-refractivity contribution in [3.8, 4) is 11.1 Å². The van der Waals surface area contributed by atoms with Crippen molar-refractivity contribution in [1.29, 1.82) is 0 Å². The molecular formula is C28H28FNO4S. The van der Waals surface area contributed by atoms with Crippen molar-refractivity contribution in [2.75, 3.05) is 6.61 Å². The van der Waals surface area contributed by atoms with Gasteiger partial charge < -0.3 is 9.84 Å². The number of rotatable bonds is 7. The molecule has 1 saturated carbocycles. The van der Waals surface area contributed by atoms with Gasteiger partial charge in [-0.3, -0.25) is 0 Å². The number of ether oxygens (including phenoxy) is 1. The number of nitrogens with zero attached hydrogens (tertiary/aromatic N) is 1. The van der Waals surface area contributed by atoms with Crippen LogP contribution in [0.3, 0.4) is 0 Å². The molecule has 3 aromatic rings. The minimum atomic E-state index is -3.92. The monoisotopic (exact) mass is 493 g/mol. The molecule has 1 aliphatic heterocycles. The third kappa shape index (κ3) is 4.62. The second-order valence-corrected chi connectivity index (χ2v) is 11.0. The number of halogens is 1. The van der Waals surface area contributed by atoms with Crippen molar-refractivity contribution in [1.82, 2.24) is 0 Å². The van der Waals surface area contributed by atoms with E-state index < -0.39 is 26.8 Å². The molecule has 1 spiro atoms. The van der Waals surface area contributed by atoms with E-state index in [9.17, 15) is 17.9 Å². The van der Waals surface area contributed by atoms with E-state index >= 15 is 0 Å². The molecule has 0 saturated heterocycles. The highest BCUT2D eigenvalue weighted by Gasteiger charge is 2.56. The molecule has 1 heterocycles. The molecule has 0 bridgehead atoms. The van der Waals surface area contributed by atoms with E-state index in [0.29, 0.717) is 24.0 Å². The molecule has 5 rings (SSSR count). The van der Waals surface area contributed by atoms with Crippen LogP contribution in [0.25, 0.3) is 11.1 Å². The average molecular weight is 494 g/mol. The van der Waals surface area contributed by atoms with Crippen LogP contribution in [0.2, 0.25) is 0 Å². The molecule has 1 N–H and O–H groups in total. The van der Waals surface area contributed by atoms with Crippen LogP contribution in [0, 0.1) is 5.82 Å². The summed E-state index contributed by atoms with van der Waals surface area (Å²) < 4.78 is 51.9. The summed E-state index contributed by atoms with van der Waals surface area (Å²) in [7, 11) is -3.92. The van der Waals surface area contributed by atoms with Gasteiger partial charge in [-0.05, 0) is 59.9 Å². The zero-order chi connectivity index (χ0) is 24.5. The summed E-state index contributed by atoms with van der Waals surface area (Å²) in [6.45, 7) is -0.152. The highest BCUT2D eigenvalue weighted by atomic mass is 32.2. The number of aliphatic hydroxyl groups excluding tert-OH is 1. The Kier molecular flexibility index (Phi) is 6.47. The van der Waals surface area contributed by atoms with Crippen molar-refractivity contribution < 1.29 is 22.7 Å². The molecular weight excluding hydrogens is 465 g/mol. The van der Waals surface area contributed by atoms with E-state index in [4.69, 9.17) is 4.74 Å². The Balaban J connectivity index is 1.46. The summed E-state index contributed by atoms with van der Waals surface area (Å²) >= 11 is 0. The zero-order valence-electron chi connectivity index (χ0n) is 19.3. The molecule has 2 atom stereocenters. The minimum absolute atomic E-state index is 0.101. The van der Waals surface area contributed by atoms with Gasteiger partial charge in [-0.1, -0.05) is 72.8 Å². The van der Waals surface area contributed by atoms with E-state index in [2.05, 4.69) is 4.40 Å². The maximum atomic E-state index is 14.5.